The Balaban J connectivity index is 2.11. The molecule has 0 aliphatic heterocycles. The van der Waals surface area contributed by atoms with Crippen LogP contribution in [-0.2, 0) is 4.74 Å². The van der Waals surface area contributed by atoms with Gasteiger partial charge in [-0.2, -0.15) is 4.98 Å². The standard InChI is InChI=1S/C13H19N5O/c1-19-9-5-4-8-15-12-10-6-2-3-7-11(10)16-13(17-12)18-14/h2-3,6-7H,4-5,8-9,14H2,1H3,(H2,15,16,17,18). The van der Waals surface area contributed by atoms with E-state index in [1.807, 2.05) is 24.3 Å². The average molecular weight is 261 g/mol. The number of rotatable bonds is 7. The van der Waals surface area contributed by atoms with Gasteiger partial charge in [-0.25, -0.2) is 10.8 Å². The molecule has 19 heavy (non-hydrogen) atoms. The summed E-state index contributed by atoms with van der Waals surface area (Å²) in [5, 5.41) is 4.31. The predicted octanol–water partition coefficient (Wildman–Crippen LogP) is 1.75. The zero-order valence-corrected chi connectivity index (χ0v) is 11.0. The van der Waals surface area contributed by atoms with Gasteiger partial charge in [0.25, 0.3) is 0 Å². The lowest BCUT2D eigenvalue weighted by Gasteiger charge is -2.10. The van der Waals surface area contributed by atoms with Crippen molar-refractivity contribution in [2.75, 3.05) is 31.0 Å². The number of hydrogen-bond acceptors (Lipinski definition) is 6. The lowest BCUT2D eigenvalue weighted by Crippen LogP contribution is -2.13. The molecule has 0 bridgehead atoms. The number of nitrogens with one attached hydrogen (secondary N) is 2. The summed E-state index contributed by atoms with van der Waals surface area (Å²) in [6.45, 7) is 1.62. The van der Waals surface area contributed by atoms with Crippen molar-refractivity contribution in [1.29, 1.82) is 0 Å². The van der Waals surface area contributed by atoms with E-state index in [0.29, 0.717) is 5.95 Å². The number of nitrogens with zero attached hydrogens (tertiary/aromatic N) is 2. The quantitative estimate of drug-likeness (QED) is 0.400. The molecule has 6 heteroatoms. The zero-order valence-electron chi connectivity index (χ0n) is 11.0. The van der Waals surface area contributed by atoms with Crippen LogP contribution in [0.25, 0.3) is 10.9 Å². The van der Waals surface area contributed by atoms with Gasteiger partial charge in [-0.05, 0) is 25.0 Å². The number of anilines is 2. The first-order valence-electron chi connectivity index (χ1n) is 6.31. The van der Waals surface area contributed by atoms with Gasteiger partial charge in [0.05, 0.1) is 5.52 Å². The molecule has 1 heterocycles. The van der Waals surface area contributed by atoms with Crippen molar-refractivity contribution >= 4 is 22.7 Å². The van der Waals surface area contributed by atoms with E-state index in [1.165, 1.54) is 0 Å². The lowest BCUT2D eigenvalue weighted by molar-refractivity contribution is 0.194. The molecule has 0 radical (unpaired) electrons. The van der Waals surface area contributed by atoms with Crippen LogP contribution < -0.4 is 16.6 Å². The fraction of sp³-hybridized carbons (Fsp3) is 0.385. The Hall–Kier alpha value is -1.92. The molecule has 0 aliphatic carbocycles. The van der Waals surface area contributed by atoms with Crippen molar-refractivity contribution in [2.45, 2.75) is 12.8 Å². The number of benzene rings is 1. The molecular weight excluding hydrogens is 242 g/mol. The topological polar surface area (TPSA) is 85.1 Å². The van der Waals surface area contributed by atoms with Crippen LogP contribution in [0.15, 0.2) is 24.3 Å². The number of methoxy groups -OCH3 is 1. The maximum absolute atomic E-state index is 5.38. The van der Waals surface area contributed by atoms with Crippen molar-refractivity contribution in [2.24, 2.45) is 5.84 Å². The lowest BCUT2D eigenvalue weighted by atomic mass is 10.2. The molecule has 2 rings (SSSR count). The third-order valence-electron chi connectivity index (χ3n) is 2.80. The van der Waals surface area contributed by atoms with Gasteiger partial charge in [0.15, 0.2) is 0 Å². The minimum atomic E-state index is 0.415. The molecule has 0 unspecified atom stereocenters. The molecule has 6 nitrogen and oxygen atoms in total. The largest absolute Gasteiger partial charge is 0.385 e. The number of unbranched alkanes of at least 4 members (excludes halogenated alkanes) is 1. The second-order valence-electron chi connectivity index (χ2n) is 4.18. The number of nitrogens with two attached hydrogens (primary N) is 1. The second-order valence-corrected chi connectivity index (χ2v) is 4.18. The third-order valence-corrected chi connectivity index (χ3v) is 2.80. The smallest absolute Gasteiger partial charge is 0.239 e. The van der Waals surface area contributed by atoms with Crippen LogP contribution in [0.5, 0.6) is 0 Å². The first kappa shape index (κ1) is 13.5. The fourth-order valence-corrected chi connectivity index (χ4v) is 1.85. The van der Waals surface area contributed by atoms with E-state index in [-0.39, 0.29) is 0 Å². The maximum atomic E-state index is 5.38. The minimum Gasteiger partial charge on any atom is -0.385 e. The number of hydrazine groups is 1. The summed E-state index contributed by atoms with van der Waals surface area (Å²) in [5.74, 6) is 6.60. The van der Waals surface area contributed by atoms with E-state index in [9.17, 15) is 0 Å². The van der Waals surface area contributed by atoms with Gasteiger partial charge in [0.2, 0.25) is 5.95 Å². The van der Waals surface area contributed by atoms with E-state index < -0.39 is 0 Å². The Bertz CT molecular complexity index is 531. The number of hydrogen-bond donors (Lipinski definition) is 3. The van der Waals surface area contributed by atoms with Crippen LogP contribution >= 0.6 is 0 Å². The van der Waals surface area contributed by atoms with Gasteiger partial charge in [-0.1, -0.05) is 12.1 Å². The van der Waals surface area contributed by atoms with E-state index >= 15 is 0 Å². The summed E-state index contributed by atoms with van der Waals surface area (Å²) in [5.41, 5.74) is 3.35. The van der Waals surface area contributed by atoms with Gasteiger partial charge in [-0.15, -0.1) is 0 Å². The molecule has 2 aromatic rings. The zero-order chi connectivity index (χ0) is 13.5. The predicted molar refractivity (Wildman–Crippen MR) is 76.9 cm³/mol. The number of nitrogen functional groups attached to an aromatic ring is 1. The highest BCUT2D eigenvalue weighted by atomic mass is 16.5. The van der Waals surface area contributed by atoms with Crippen LogP contribution in [0.2, 0.25) is 0 Å². The molecule has 0 fully saturated rings. The monoisotopic (exact) mass is 261 g/mol. The molecule has 4 N–H and O–H groups in total. The normalized spacial score (nSPS) is 10.6. The highest BCUT2D eigenvalue weighted by Gasteiger charge is 2.05. The second kappa shape index (κ2) is 6.86. The summed E-state index contributed by atoms with van der Waals surface area (Å²) < 4.78 is 5.02. The fourth-order valence-electron chi connectivity index (χ4n) is 1.85. The number of fused-ring (bicyclic) bond motifs is 1. The summed E-state index contributed by atoms with van der Waals surface area (Å²) in [6.07, 6.45) is 2.05. The van der Waals surface area contributed by atoms with Crippen molar-refractivity contribution < 1.29 is 4.74 Å². The Morgan fingerprint density at radius 1 is 1.21 bits per heavy atom. The van der Waals surface area contributed by atoms with E-state index in [4.69, 9.17) is 10.6 Å². The van der Waals surface area contributed by atoms with E-state index in [2.05, 4.69) is 20.7 Å². The minimum absolute atomic E-state index is 0.415. The molecule has 0 aliphatic rings. The van der Waals surface area contributed by atoms with Crippen molar-refractivity contribution in [3.63, 3.8) is 0 Å². The van der Waals surface area contributed by atoms with Gasteiger partial charge < -0.3 is 10.1 Å². The van der Waals surface area contributed by atoms with Gasteiger partial charge >= 0.3 is 0 Å². The first-order chi connectivity index (χ1) is 9.35. The van der Waals surface area contributed by atoms with Crippen molar-refractivity contribution in [3.8, 4) is 0 Å². The number of ether oxygens (including phenoxy) is 1. The first-order valence-corrected chi connectivity index (χ1v) is 6.31. The Morgan fingerprint density at radius 2 is 2.05 bits per heavy atom. The Labute approximate surface area is 112 Å². The highest BCUT2D eigenvalue weighted by Crippen LogP contribution is 2.21. The molecule has 0 atom stereocenters. The highest BCUT2D eigenvalue weighted by molar-refractivity contribution is 5.89. The molecule has 1 aromatic heterocycles. The maximum Gasteiger partial charge on any atom is 0.239 e. The molecule has 1 aromatic carbocycles. The van der Waals surface area contributed by atoms with Crippen LogP contribution in [0.1, 0.15) is 12.8 Å². The summed E-state index contributed by atoms with van der Waals surface area (Å²) in [7, 11) is 1.71. The van der Waals surface area contributed by atoms with E-state index in [1.54, 1.807) is 7.11 Å². The van der Waals surface area contributed by atoms with Crippen LogP contribution in [0, 0.1) is 0 Å². The molecular formula is C13H19N5O. The van der Waals surface area contributed by atoms with Gasteiger partial charge in [0.1, 0.15) is 5.82 Å². The third kappa shape index (κ3) is 3.52. The number of para-hydroxylation sites is 1. The van der Waals surface area contributed by atoms with Gasteiger partial charge in [-0.3, -0.25) is 5.43 Å². The van der Waals surface area contributed by atoms with Crippen LogP contribution in [0.4, 0.5) is 11.8 Å². The van der Waals surface area contributed by atoms with E-state index in [0.717, 1.165) is 42.7 Å². The summed E-state index contributed by atoms with van der Waals surface area (Å²) >= 11 is 0. The van der Waals surface area contributed by atoms with Gasteiger partial charge in [0, 0.05) is 25.6 Å². The average Bonchev–Trinajstić information content (AvgIpc) is 2.46. The van der Waals surface area contributed by atoms with Crippen LogP contribution in [-0.4, -0.2) is 30.2 Å². The van der Waals surface area contributed by atoms with Crippen molar-refractivity contribution in [3.05, 3.63) is 24.3 Å². The number of aromatic nitrogens is 2. The Morgan fingerprint density at radius 3 is 2.84 bits per heavy atom. The molecule has 0 spiro atoms. The molecule has 0 saturated heterocycles. The molecule has 0 amide bonds. The SMILES string of the molecule is COCCCCNc1nc(NN)nc2ccccc12. The molecule has 0 saturated carbocycles. The Kier molecular flexibility index (Phi) is 4.88. The van der Waals surface area contributed by atoms with Crippen molar-refractivity contribution in [1.82, 2.24) is 9.97 Å². The molecule has 102 valence electrons. The summed E-state index contributed by atoms with van der Waals surface area (Å²) in [4.78, 5) is 8.65. The van der Waals surface area contributed by atoms with Crippen LogP contribution in [0.3, 0.4) is 0 Å². The summed E-state index contributed by atoms with van der Waals surface area (Å²) in [6, 6.07) is 7.84.